The quantitative estimate of drug-likeness (QED) is 0.273. The molecule has 1 saturated heterocycles. The molecule has 3 rings (SSSR count). The van der Waals surface area contributed by atoms with Gasteiger partial charge in [-0.05, 0) is 32.9 Å². The van der Waals surface area contributed by atoms with Gasteiger partial charge in [0.25, 0.3) is 5.56 Å². The first kappa shape index (κ1) is 29.7. The van der Waals surface area contributed by atoms with Crippen LogP contribution in [0.5, 0.6) is 5.75 Å². The molecule has 14 heteroatoms. The lowest BCUT2D eigenvalue weighted by molar-refractivity contribution is -0.151. The second-order valence-corrected chi connectivity index (χ2v) is 11.5. The van der Waals surface area contributed by atoms with Gasteiger partial charge in [0.2, 0.25) is 0 Å². The molecular formula is C24H33FN3O9P. The molecule has 1 aromatic carbocycles. The van der Waals surface area contributed by atoms with E-state index in [2.05, 4.69) is 0 Å². The largest absolute Gasteiger partial charge is 0.463 e. The Hall–Kier alpha value is -2.83. The lowest BCUT2D eigenvalue weighted by atomic mass is 9.91. The zero-order valence-corrected chi connectivity index (χ0v) is 22.4. The Labute approximate surface area is 218 Å². The highest BCUT2D eigenvalue weighted by Gasteiger charge is 2.57. The van der Waals surface area contributed by atoms with Crippen LogP contribution in [0.25, 0.3) is 0 Å². The summed E-state index contributed by atoms with van der Waals surface area (Å²) in [4.78, 5) is 38.2. The molecule has 0 radical (unpaired) electrons. The van der Waals surface area contributed by atoms with Gasteiger partial charge in [-0.2, -0.15) is 0 Å². The van der Waals surface area contributed by atoms with Crippen LogP contribution in [-0.2, 0) is 23.4 Å². The van der Waals surface area contributed by atoms with Crippen LogP contribution in [0.2, 0.25) is 0 Å². The Bertz CT molecular complexity index is 1270. The Kier molecular flexibility index (Phi) is 9.32. The summed E-state index contributed by atoms with van der Waals surface area (Å²) < 4.78 is 51.5. The van der Waals surface area contributed by atoms with Crippen molar-refractivity contribution in [3.05, 3.63) is 63.4 Å². The van der Waals surface area contributed by atoms with Gasteiger partial charge in [-0.15, -0.1) is 0 Å². The van der Waals surface area contributed by atoms with Crippen LogP contribution in [0.1, 0.15) is 33.9 Å². The number of esters is 1. The molecule has 7 atom stereocenters. The Balaban J connectivity index is 1.89. The topological polar surface area (TPSA) is 172 Å². The van der Waals surface area contributed by atoms with E-state index in [1.54, 1.807) is 44.2 Å². The minimum atomic E-state index is -4.13. The van der Waals surface area contributed by atoms with Crippen LogP contribution < -0.4 is 21.5 Å². The van der Waals surface area contributed by atoms with Crippen molar-refractivity contribution < 1.29 is 37.4 Å². The van der Waals surface area contributed by atoms with Gasteiger partial charge in [0.15, 0.2) is 6.23 Å². The molecule has 2 heterocycles. The summed E-state index contributed by atoms with van der Waals surface area (Å²) in [5.74, 6) is -1.29. The van der Waals surface area contributed by atoms with E-state index in [1.807, 2.05) is 4.98 Å². The highest BCUT2D eigenvalue weighted by atomic mass is 31.2. The number of nitrogens with one attached hydrogen (secondary N) is 1. The number of carbonyl (C=O) groups is 1. The first-order valence-electron chi connectivity index (χ1n) is 12.0. The zero-order valence-electron chi connectivity index (χ0n) is 21.5. The number of hydrogen-bond acceptors (Lipinski definition) is 10. The predicted octanol–water partition coefficient (Wildman–Crippen LogP) is 1.73. The summed E-state index contributed by atoms with van der Waals surface area (Å²) in [6, 6.07) is 9.14. The number of ether oxygens (including phenoxy) is 2. The molecule has 210 valence electrons. The molecule has 2 aromatic rings. The molecule has 38 heavy (non-hydrogen) atoms. The zero-order chi connectivity index (χ0) is 28.3. The molecule has 0 spiro atoms. The van der Waals surface area contributed by atoms with Gasteiger partial charge in [0.1, 0.15) is 30.2 Å². The Morgan fingerprint density at radius 3 is 2.47 bits per heavy atom. The molecule has 1 aliphatic heterocycles. The number of halogens is 1. The van der Waals surface area contributed by atoms with Gasteiger partial charge in [-0.3, -0.25) is 23.7 Å². The number of H-pyrrole nitrogens is 1. The summed E-state index contributed by atoms with van der Waals surface area (Å²) in [5, 5.41) is 10.9. The molecule has 0 aliphatic carbocycles. The van der Waals surface area contributed by atoms with Gasteiger partial charge in [-0.1, -0.05) is 25.1 Å². The minimum absolute atomic E-state index is 0.204. The molecule has 1 unspecified atom stereocenters. The molecule has 4 N–H and O–H groups in total. The lowest BCUT2D eigenvalue weighted by Crippen LogP contribution is -2.58. The van der Waals surface area contributed by atoms with Crippen LogP contribution >= 0.6 is 7.60 Å². The first-order valence-corrected chi connectivity index (χ1v) is 13.7. The Morgan fingerprint density at radius 1 is 1.24 bits per heavy atom. The van der Waals surface area contributed by atoms with Gasteiger partial charge in [0.05, 0.1) is 24.3 Å². The second kappa shape index (κ2) is 11.9. The third-order valence-electron chi connectivity index (χ3n) is 5.97. The van der Waals surface area contributed by atoms with Crippen LogP contribution in [0.15, 0.2) is 52.2 Å². The van der Waals surface area contributed by atoms with Gasteiger partial charge >= 0.3 is 19.3 Å². The fourth-order valence-electron chi connectivity index (χ4n) is 4.07. The molecular weight excluding hydrogens is 524 g/mol. The number of aliphatic hydroxyl groups excluding tert-OH is 1. The monoisotopic (exact) mass is 557 g/mol. The van der Waals surface area contributed by atoms with E-state index in [1.165, 1.54) is 13.8 Å². The van der Waals surface area contributed by atoms with E-state index in [9.17, 15) is 28.4 Å². The number of aromatic amines is 1. The minimum Gasteiger partial charge on any atom is -0.463 e. The normalized spacial score (nSPS) is 26.5. The maximum atomic E-state index is 14.2. The first-order chi connectivity index (χ1) is 17.8. The average Bonchev–Trinajstić information content (AvgIpc) is 3.10. The van der Waals surface area contributed by atoms with Crippen molar-refractivity contribution in [2.75, 3.05) is 12.8 Å². The molecule has 12 nitrogen and oxygen atoms in total. The van der Waals surface area contributed by atoms with E-state index in [-0.39, 0.29) is 11.9 Å². The van der Waals surface area contributed by atoms with E-state index in [4.69, 9.17) is 24.3 Å². The van der Waals surface area contributed by atoms with E-state index in [0.717, 1.165) is 16.8 Å². The number of carbonyl (C=O) groups excluding carboxylic acids is 1. The fourth-order valence-corrected chi connectivity index (χ4v) is 6.16. The van der Waals surface area contributed by atoms with E-state index >= 15 is 0 Å². The third kappa shape index (κ3) is 6.59. The van der Waals surface area contributed by atoms with Crippen LogP contribution in [-0.4, -0.2) is 63.4 Å². The number of nitrogens with two attached hydrogens (primary N) is 1. The number of benzene rings is 1. The predicted molar refractivity (Wildman–Crippen MR) is 135 cm³/mol. The Morgan fingerprint density at radius 2 is 1.89 bits per heavy atom. The number of aliphatic hydroxyl groups is 1. The summed E-state index contributed by atoms with van der Waals surface area (Å²) in [5.41, 5.74) is 2.42. The number of nitrogens with zero attached hydrogens (tertiary/aromatic N) is 1. The molecule has 0 bridgehead atoms. The van der Waals surface area contributed by atoms with Gasteiger partial charge in [0, 0.05) is 12.3 Å². The summed E-state index contributed by atoms with van der Waals surface area (Å²) >= 11 is 0. The summed E-state index contributed by atoms with van der Waals surface area (Å²) in [7, 11) is -4.13. The van der Waals surface area contributed by atoms with Crippen molar-refractivity contribution >= 4 is 13.6 Å². The van der Waals surface area contributed by atoms with Crippen molar-refractivity contribution in [1.82, 2.24) is 9.55 Å². The standard InChI is InChI=1S/C24H33FN3O9P/c1-14(2)34-21(31)15(3)12-38(33,37-17-8-6-5-7-9-17)36-16(4)19-20(30)24(26,13-25)22(35-19)28-11-10-18(29)27-23(28)32/h5-11,14-16,19-20,22,30H,12-13,26H2,1-4H3,(H,27,29,32)/t15-,16-,19-,20+,22-,24?,38-/m1/s1. The van der Waals surface area contributed by atoms with Gasteiger partial charge < -0.3 is 24.8 Å². The molecule has 1 aromatic heterocycles. The molecule has 1 fully saturated rings. The number of para-hydroxylation sites is 1. The maximum absolute atomic E-state index is 14.2. The summed E-state index contributed by atoms with van der Waals surface area (Å²) in [6.07, 6.45) is -5.55. The van der Waals surface area contributed by atoms with Crippen LogP contribution in [0.3, 0.4) is 0 Å². The SMILES string of the molecule is CC(C)OC(=O)[C@H](C)C[P@](=O)(Oc1ccccc1)O[C@H](C)[C@H]1O[C@@H](n2ccc(=O)[nH]c2=O)C(N)(CF)[C@H]1O. The maximum Gasteiger partial charge on any atom is 0.380 e. The van der Waals surface area contributed by atoms with E-state index < -0.39 is 73.6 Å². The van der Waals surface area contributed by atoms with Gasteiger partial charge in [-0.25, -0.2) is 13.8 Å². The third-order valence-corrected chi connectivity index (χ3v) is 8.11. The number of alkyl halides is 1. The molecule has 1 aliphatic rings. The molecule has 0 amide bonds. The lowest BCUT2D eigenvalue weighted by Gasteiger charge is -2.31. The van der Waals surface area contributed by atoms with Crippen molar-refractivity contribution in [1.29, 1.82) is 0 Å². The molecule has 0 saturated carbocycles. The van der Waals surface area contributed by atoms with Crippen molar-refractivity contribution in [2.24, 2.45) is 11.7 Å². The fraction of sp³-hybridized carbons (Fsp3) is 0.542. The van der Waals surface area contributed by atoms with Crippen molar-refractivity contribution in [3.8, 4) is 5.75 Å². The smallest absolute Gasteiger partial charge is 0.380 e. The van der Waals surface area contributed by atoms with E-state index in [0.29, 0.717) is 0 Å². The number of hydrogen-bond donors (Lipinski definition) is 3. The highest BCUT2D eigenvalue weighted by molar-refractivity contribution is 7.54. The number of rotatable bonds is 11. The van der Waals surface area contributed by atoms with Crippen molar-refractivity contribution in [2.45, 2.75) is 63.9 Å². The summed E-state index contributed by atoms with van der Waals surface area (Å²) in [6.45, 7) is 4.96. The number of aromatic nitrogens is 2. The van der Waals surface area contributed by atoms with Crippen LogP contribution in [0, 0.1) is 5.92 Å². The van der Waals surface area contributed by atoms with Crippen LogP contribution in [0.4, 0.5) is 4.39 Å². The van der Waals surface area contributed by atoms with Crippen molar-refractivity contribution in [3.63, 3.8) is 0 Å². The average molecular weight is 558 g/mol. The highest BCUT2D eigenvalue weighted by Crippen LogP contribution is 2.52. The second-order valence-electron chi connectivity index (χ2n) is 9.56.